The number of allylic oxidation sites excluding steroid dienone is 2. The van der Waals surface area contributed by atoms with Crippen LogP contribution in [0.4, 0.5) is 0 Å². The fraction of sp³-hybridized carbons (Fsp3) is 0.333. The third-order valence-corrected chi connectivity index (χ3v) is 3.44. The SMILES string of the molecule is CC=C(CC)C(=O)c1ccc(OCC(=O)O)c(C)c1Cl. The molecule has 0 bridgehead atoms. The first kappa shape index (κ1) is 16.2. The van der Waals surface area contributed by atoms with Gasteiger partial charge in [0.15, 0.2) is 12.4 Å². The molecule has 0 saturated carbocycles. The standard InChI is InChI=1S/C15H17ClO4/c1-4-10(5-2)15(19)11-6-7-12(9(3)14(11)16)20-8-13(17)18/h4,6-7H,5,8H2,1-3H3,(H,17,18). The number of carbonyl (C=O) groups is 2. The number of aliphatic carboxylic acids is 1. The maximum Gasteiger partial charge on any atom is 0.341 e. The summed E-state index contributed by atoms with van der Waals surface area (Å²) in [6.45, 7) is 4.96. The lowest BCUT2D eigenvalue weighted by Crippen LogP contribution is -2.11. The summed E-state index contributed by atoms with van der Waals surface area (Å²) < 4.78 is 5.12. The number of halogens is 1. The van der Waals surface area contributed by atoms with Crippen LogP contribution in [-0.2, 0) is 4.79 Å². The molecule has 108 valence electrons. The summed E-state index contributed by atoms with van der Waals surface area (Å²) in [5, 5.41) is 8.89. The van der Waals surface area contributed by atoms with Crippen LogP contribution in [0.2, 0.25) is 5.02 Å². The summed E-state index contributed by atoms with van der Waals surface area (Å²) in [7, 11) is 0. The third kappa shape index (κ3) is 3.61. The fourth-order valence-corrected chi connectivity index (χ4v) is 2.05. The smallest absolute Gasteiger partial charge is 0.341 e. The van der Waals surface area contributed by atoms with Crippen LogP contribution in [0.5, 0.6) is 5.75 Å². The quantitative estimate of drug-likeness (QED) is 0.643. The molecule has 0 saturated heterocycles. The molecule has 0 aliphatic carbocycles. The van der Waals surface area contributed by atoms with Gasteiger partial charge in [-0.1, -0.05) is 24.6 Å². The van der Waals surface area contributed by atoms with Crippen LogP contribution < -0.4 is 4.74 Å². The van der Waals surface area contributed by atoms with Gasteiger partial charge in [-0.05, 0) is 38.0 Å². The Balaban J connectivity index is 3.11. The van der Waals surface area contributed by atoms with Crippen LogP contribution >= 0.6 is 11.6 Å². The lowest BCUT2D eigenvalue weighted by atomic mass is 9.99. The van der Waals surface area contributed by atoms with Gasteiger partial charge in [-0.15, -0.1) is 0 Å². The van der Waals surface area contributed by atoms with Gasteiger partial charge in [0.1, 0.15) is 5.75 Å². The highest BCUT2D eigenvalue weighted by Gasteiger charge is 2.17. The number of hydrogen-bond donors (Lipinski definition) is 1. The largest absolute Gasteiger partial charge is 0.482 e. The predicted molar refractivity (Wildman–Crippen MR) is 77.7 cm³/mol. The van der Waals surface area contributed by atoms with Gasteiger partial charge in [0.05, 0.1) is 5.02 Å². The molecule has 0 unspecified atom stereocenters. The number of carboxylic acids is 1. The molecular formula is C15H17ClO4. The fourth-order valence-electron chi connectivity index (χ4n) is 1.81. The summed E-state index contributed by atoms with van der Waals surface area (Å²) >= 11 is 6.19. The maximum atomic E-state index is 12.3. The molecule has 1 aromatic carbocycles. The molecular weight excluding hydrogens is 280 g/mol. The number of ketones is 1. The van der Waals surface area contributed by atoms with E-state index in [1.165, 1.54) is 0 Å². The first-order valence-corrected chi connectivity index (χ1v) is 6.63. The minimum Gasteiger partial charge on any atom is -0.482 e. The van der Waals surface area contributed by atoms with Gasteiger partial charge >= 0.3 is 5.97 Å². The second kappa shape index (κ2) is 7.10. The molecule has 0 heterocycles. The number of ether oxygens (including phenoxy) is 1. The lowest BCUT2D eigenvalue weighted by molar-refractivity contribution is -0.139. The monoisotopic (exact) mass is 296 g/mol. The highest BCUT2D eigenvalue weighted by atomic mass is 35.5. The first-order chi connectivity index (χ1) is 9.42. The van der Waals surface area contributed by atoms with Gasteiger partial charge in [-0.2, -0.15) is 0 Å². The second-order valence-corrected chi connectivity index (χ2v) is 4.61. The van der Waals surface area contributed by atoms with E-state index in [9.17, 15) is 9.59 Å². The van der Waals surface area contributed by atoms with Crippen molar-refractivity contribution in [3.63, 3.8) is 0 Å². The van der Waals surface area contributed by atoms with E-state index in [1.54, 1.807) is 25.1 Å². The Morgan fingerprint density at radius 1 is 1.40 bits per heavy atom. The third-order valence-electron chi connectivity index (χ3n) is 2.95. The summed E-state index contributed by atoms with van der Waals surface area (Å²) in [5.74, 6) is -0.816. The number of carboxylic acid groups (broad SMARTS) is 1. The van der Waals surface area contributed by atoms with Crippen LogP contribution in [-0.4, -0.2) is 23.5 Å². The van der Waals surface area contributed by atoms with Gasteiger partial charge in [-0.3, -0.25) is 4.79 Å². The zero-order valence-electron chi connectivity index (χ0n) is 11.7. The molecule has 0 atom stereocenters. The van der Waals surface area contributed by atoms with E-state index in [0.717, 1.165) is 0 Å². The van der Waals surface area contributed by atoms with Gasteiger partial charge < -0.3 is 9.84 Å². The van der Waals surface area contributed by atoms with Gasteiger partial charge in [0.25, 0.3) is 0 Å². The summed E-state index contributed by atoms with van der Waals surface area (Å²) in [4.78, 5) is 22.8. The summed E-state index contributed by atoms with van der Waals surface area (Å²) in [6.07, 6.45) is 2.39. The van der Waals surface area contributed by atoms with Crippen molar-refractivity contribution in [3.8, 4) is 5.75 Å². The number of benzene rings is 1. The molecule has 0 aromatic heterocycles. The van der Waals surface area contributed by atoms with E-state index in [2.05, 4.69) is 0 Å². The van der Waals surface area contributed by atoms with Gasteiger partial charge in [0.2, 0.25) is 0 Å². The second-order valence-electron chi connectivity index (χ2n) is 4.23. The predicted octanol–water partition coefficient (Wildman–Crippen LogP) is 3.65. The molecule has 4 nitrogen and oxygen atoms in total. The van der Waals surface area contributed by atoms with E-state index in [4.69, 9.17) is 21.4 Å². The number of carbonyl (C=O) groups excluding carboxylic acids is 1. The zero-order chi connectivity index (χ0) is 15.3. The molecule has 0 radical (unpaired) electrons. The Labute approximate surface area is 123 Å². The molecule has 0 spiro atoms. The van der Waals surface area contributed by atoms with Crippen molar-refractivity contribution in [3.05, 3.63) is 39.9 Å². The van der Waals surface area contributed by atoms with E-state index in [0.29, 0.717) is 33.9 Å². The van der Waals surface area contributed by atoms with Crippen molar-refractivity contribution in [2.45, 2.75) is 27.2 Å². The van der Waals surface area contributed by atoms with Gasteiger partial charge in [-0.25, -0.2) is 4.79 Å². The van der Waals surface area contributed by atoms with Crippen molar-refractivity contribution in [1.29, 1.82) is 0 Å². The molecule has 0 aliphatic heterocycles. The number of rotatable bonds is 6. The number of hydrogen-bond acceptors (Lipinski definition) is 3. The highest BCUT2D eigenvalue weighted by molar-refractivity contribution is 6.35. The molecule has 1 N–H and O–H groups in total. The van der Waals surface area contributed by atoms with E-state index in [1.807, 2.05) is 13.8 Å². The molecule has 1 aromatic rings. The van der Waals surface area contributed by atoms with Crippen molar-refractivity contribution < 1.29 is 19.4 Å². The molecule has 20 heavy (non-hydrogen) atoms. The molecule has 0 fully saturated rings. The molecule has 1 rings (SSSR count). The van der Waals surface area contributed by atoms with Crippen LogP contribution in [0, 0.1) is 6.92 Å². The first-order valence-electron chi connectivity index (χ1n) is 6.25. The maximum absolute atomic E-state index is 12.3. The van der Waals surface area contributed by atoms with Crippen LogP contribution in [0.3, 0.4) is 0 Å². The minimum absolute atomic E-state index is 0.118. The normalized spacial score (nSPS) is 11.3. The average molecular weight is 297 g/mol. The topological polar surface area (TPSA) is 63.6 Å². The van der Waals surface area contributed by atoms with Crippen molar-refractivity contribution in [2.24, 2.45) is 0 Å². The van der Waals surface area contributed by atoms with Crippen LogP contribution in [0.25, 0.3) is 0 Å². The van der Waals surface area contributed by atoms with Crippen molar-refractivity contribution in [2.75, 3.05) is 6.61 Å². The Bertz CT molecular complexity index is 561. The Hall–Kier alpha value is -1.81. The minimum atomic E-state index is -1.07. The van der Waals surface area contributed by atoms with E-state index in [-0.39, 0.29) is 5.78 Å². The Morgan fingerprint density at radius 3 is 2.55 bits per heavy atom. The molecule has 0 amide bonds. The summed E-state index contributed by atoms with van der Waals surface area (Å²) in [6, 6.07) is 3.13. The van der Waals surface area contributed by atoms with Crippen molar-refractivity contribution in [1.82, 2.24) is 0 Å². The Kier molecular flexibility index (Phi) is 5.77. The average Bonchev–Trinajstić information content (AvgIpc) is 2.41. The van der Waals surface area contributed by atoms with E-state index >= 15 is 0 Å². The molecule has 5 heteroatoms. The lowest BCUT2D eigenvalue weighted by Gasteiger charge is -2.12. The van der Waals surface area contributed by atoms with Crippen LogP contribution in [0.15, 0.2) is 23.8 Å². The molecule has 0 aliphatic rings. The summed E-state index contributed by atoms with van der Waals surface area (Å²) in [5.41, 5.74) is 1.65. The van der Waals surface area contributed by atoms with Crippen molar-refractivity contribution >= 4 is 23.4 Å². The van der Waals surface area contributed by atoms with E-state index < -0.39 is 12.6 Å². The number of Topliss-reactive ketones (excluding diaryl/α,β-unsaturated/α-hetero) is 1. The highest BCUT2D eigenvalue weighted by Crippen LogP contribution is 2.31. The van der Waals surface area contributed by atoms with Crippen LogP contribution in [0.1, 0.15) is 36.2 Å². The zero-order valence-corrected chi connectivity index (χ0v) is 12.5. The van der Waals surface area contributed by atoms with Gasteiger partial charge in [0, 0.05) is 11.1 Å². The Morgan fingerprint density at radius 2 is 2.05 bits per heavy atom.